The molecule has 0 fully saturated rings. The number of benzene rings is 4. The molecule has 0 aliphatic rings. The lowest BCUT2D eigenvalue weighted by molar-refractivity contribution is -0.386. The van der Waals surface area contributed by atoms with E-state index < -0.39 is 62.3 Å². The molecule has 0 aliphatic carbocycles. The van der Waals surface area contributed by atoms with E-state index in [2.05, 4.69) is 0 Å². The van der Waals surface area contributed by atoms with Gasteiger partial charge in [0.1, 0.15) is 23.9 Å². The van der Waals surface area contributed by atoms with Crippen LogP contribution in [0, 0.1) is 25.6 Å². The van der Waals surface area contributed by atoms with Gasteiger partial charge in [-0.1, -0.05) is 26.0 Å². The van der Waals surface area contributed by atoms with Gasteiger partial charge in [0.15, 0.2) is 11.3 Å². The summed E-state index contributed by atoms with van der Waals surface area (Å²) in [6, 6.07) is 19.0. The van der Waals surface area contributed by atoms with Crippen molar-refractivity contribution in [1.29, 1.82) is 0 Å². The number of carbonyl (C=O) groups excluding carboxylic acids is 1. The average molecular weight is 677 g/mol. The number of hydrogen-bond acceptors (Lipinski definition) is 12. The van der Waals surface area contributed by atoms with Crippen LogP contribution in [-0.2, 0) is 11.5 Å². The first-order chi connectivity index (χ1) is 23.3. The van der Waals surface area contributed by atoms with Crippen LogP contribution in [0.25, 0.3) is 0 Å². The van der Waals surface area contributed by atoms with Gasteiger partial charge in [-0.3, -0.25) is 20.2 Å². The molecule has 0 heterocycles. The molecule has 16 nitrogen and oxygen atoms in total. The van der Waals surface area contributed by atoms with Gasteiger partial charge in [-0.05, 0) is 60.7 Å². The van der Waals surface area contributed by atoms with Crippen LogP contribution in [0.5, 0.6) is 23.0 Å². The minimum atomic E-state index is -1.52. The largest absolute Gasteiger partial charge is 0.493 e. The van der Waals surface area contributed by atoms with Crippen molar-refractivity contribution in [2.24, 2.45) is 5.41 Å². The molecule has 254 valence electrons. The summed E-state index contributed by atoms with van der Waals surface area (Å²) in [7, 11) is 0. The number of ether oxygens (including phenoxy) is 3. The highest BCUT2D eigenvalue weighted by Gasteiger charge is 2.29. The maximum atomic E-state index is 12.7. The third-order valence-corrected chi connectivity index (χ3v) is 6.73. The van der Waals surface area contributed by atoms with E-state index in [4.69, 9.17) is 24.0 Å². The Morgan fingerprint density at radius 1 is 0.673 bits per heavy atom. The van der Waals surface area contributed by atoms with E-state index in [1.54, 1.807) is 12.1 Å². The van der Waals surface area contributed by atoms with Crippen LogP contribution >= 0.6 is 0 Å². The second kappa shape index (κ2) is 15.4. The molecule has 0 aliphatic heterocycles. The predicted molar refractivity (Wildman–Crippen MR) is 168 cm³/mol. The molecule has 49 heavy (non-hydrogen) atoms. The molecule has 0 saturated carbocycles. The number of hydrogen-bond donors (Lipinski definition) is 2. The van der Waals surface area contributed by atoms with Crippen molar-refractivity contribution in [2.75, 3.05) is 13.2 Å². The molecular formula is C33H28N2O14. The standard InChI is InChI=1S/C33H28N2O14/c1-33(2,18-45-20-9-13-22(14-10-20)48-32(40)29-25(31(38)39)6-4-8-28(29)35(43)44)19-46-21-11-15-23(16-12-21)49-47-17-26-24(30(36)37)5-3-7-27(26)34(41)42/h3-16H,17-19H2,1-2H3,(H,36,37)(H,38,39). The topological polar surface area (TPSA) is 224 Å². The molecule has 2 N–H and O–H groups in total. The smallest absolute Gasteiger partial charge is 0.351 e. The Morgan fingerprint density at radius 3 is 1.65 bits per heavy atom. The van der Waals surface area contributed by atoms with Gasteiger partial charge in [-0.25, -0.2) is 14.4 Å². The molecule has 0 aromatic heterocycles. The monoisotopic (exact) mass is 676 g/mol. The molecule has 4 aromatic carbocycles. The van der Waals surface area contributed by atoms with Crippen molar-refractivity contribution < 1.29 is 58.4 Å². The third kappa shape index (κ3) is 9.26. The molecule has 4 aromatic rings. The van der Waals surface area contributed by atoms with Crippen LogP contribution in [0.3, 0.4) is 0 Å². The van der Waals surface area contributed by atoms with Crippen LogP contribution < -0.4 is 19.1 Å². The minimum Gasteiger partial charge on any atom is -0.493 e. The summed E-state index contributed by atoms with van der Waals surface area (Å²) >= 11 is 0. The molecule has 0 atom stereocenters. The maximum Gasteiger partial charge on any atom is 0.351 e. The lowest BCUT2D eigenvalue weighted by Crippen LogP contribution is -2.28. The zero-order valence-corrected chi connectivity index (χ0v) is 25.9. The van der Waals surface area contributed by atoms with Crippen LogP contribution in [0.15, 0.2) is 84.9 Å². The SMILES string of the molecule is CC(C)(COc1ccc(OOCc2c(C(=O)O)cccc2[N+](=O)[O-])cc1)COc1ccc(OC(=O)c2c(C(=O)O)cccc2[N+](=O)[O-])cc1. The van der Waals surface area contributed by atoms with Crippen LogP contribution in [0.1, 0.15) is 50.5 Å². The van der Waals surface area contributed by atoms with Gasteiger partial charge in [-0.15, -0.1) is 0 Å². The van der Waals surface area contributed by atoms with Crippen LogP contribution in [0.2, 0.25) is 0 Å². The lowest BCUT2D eigenvalue weighted by Gasteiger charge is -2.25. The summed E-state index contributed by atoms with van der Waals surface area (Å²) in [5.74, 6) is -2.89. The zero-order chi connectivity index (χ0) is 35.7. The summed E-state index contributed by atoms with van der Waals surface area (Å²) in [5.41, 5.74) is -3.25. The lowest BCUT2D eigenvalue weighted by atomic mass is 9.96. The van der Waals surface area contributed by atoms with Gasteiger partial charge in [0.2, 0.25) is 0 Å². The number of nitro groups is 2. The van der Waals surface area contributed by atoms with E-state index in [0.29, 0.717) is 11.5 Å². The van der Waals surface area contributed by atoms with Gasteiger partial charge in [0.25, 0.3) is 11.4 Å². The highest BCUT2D eigenvalue weighted by atomic mass is 17.2. The fraction of sp³-hybridized carbons (Fsp3) is 0.182. The van der Waals surface area contributed by atoms with Crippen molar-refractivity contribution in [3.63, 3.8) is 0 Å². The van der Waals surface area contributed by atoms with Gasteiger partial charge in [0, 0.05) is 17.5 Å². The highest BCUT2D eigenvalue weighted by Crippen LogP contribution is 2.28. The molecule has 0 spiro atoms. The number of nitrogens with zero attached hydrogens (tertiary/aromatic N) is 2. The van der Waals surface area contributed by atoms with E-state index in [9.17, 15) is 44.8 Å². The van der Waals surface area contributed by atoms with Gasteiger partial charge < -0.3 is 29.3 Å². The number of carbonyl (C=O) groups is 3. The number of carboxylic acid groups (broad SMARTS) is 2. The van der Waals surface area contributed by atoms with Gasteiger partial charge in [0.05, 0.1) is 39.8 Å². The molecule has 0 radical (unpaired) electrons. The fourth-order valence-corrected chi connectivity index (χ4v) is 4.29. The molecular weight excluding hydrogens is 648 g/mol. The minimum absolute atomic E-state index is 0.0126. The first-order valence-electron chi connectivity index (χ1n) is 14.2. The van der Waals surface area contributed by atoms with Crippen molar-refractivity contribution >= 4 is 29.3 Å². The second-order valence-electron chi connectivity index (χ2n) is 11.0. The molecule has 4 rings (SSSR count). The average Bonchev–Trinajstić information content (AvgIpc) is 3.07. The summed E-state index contributed by atoms with van der Waals surface area (Å²) in [5, 5.41) is 41.4. The number of esters is 1. The van der Waals surface area contributed by atoms with Crippen molar-refractivity contribution in [2.45, 2.75) is 20.5 Å². The fourth-order valence-electron chi connectivity index (χ4n) is 4.29. The quantitative estimate of drug-likeness (QED) is 0.0449. The first-order valence-corrected chi connectivity index (χ1v) is 14.2. The number of aromatic carboxylic acids is 2. The van der Waals surface area contributed by atoms with E-state index in [-0.39, 0.29) is 35.8 Å². The predicted octanol–water partition coefficient (Wildman–Crippen LogP) is 6.11. The van der Waals surface area contributed by atoms with E-state index in [1.165, 1.54) is 54.6 Å². The van der Waals surface area contributed by atoms with Crippen LogP contribution in [0.4, 0.5) is 11.4 Å². The van der Waals surface area contributed by atoms with Gasteiger partial charge in [-0.2, -0.15) is 4.89 Å². The highest BCUT2D eigenvalue weighted by molar-refractivity contribution is 6.06. The summed E-state index contributed by atoms with van der Waals surface area (Å²) in [6.45, 7) is 3.76. The van der Waals surface area contributed by atoms with Crippen molar-refractivity contribution in [1.82, 2.24) is 0 Å². The van der Waals surface area contributed by atoms with E-state index in [1.807, 2.05) is 13.8 Å². The zero-order valence-electron chi connectivity index (χ0n) is 25.9. The summed E-state index contributed by atoms with van der Waals surface area (Å²) in [6.07, 6.45) is 0. The normalized spacial score (nSPS) is 10.9. The molecule has 0 bridgehead atoms. The maximum absolute atomic E-state index is 12.7. The van der Waals surface area contributed by atoms with E-state index >= 15 is 0 Å². The Hall–Kier alpha value is -6.55. The Labute approximate surface area is 277 Å². The number of rotatable bonds is 16. The molecule has 0 unspecified atom stereocenters. The summed E-state index contributed by atoms with van der Waals surface area (Å²) < 4.78 is 16.9. The summed E-state index contributed by atoms with van der Waals surface area (Å²) in [4.78, 5) is 67.0. The van der Waals surface area contributed by atoms with Crippen LogP contribution in [-0.4, -0.2) is 51.2 Å². The third-order valence-electron chi connectivity index (χ3n) is 6.73. The first kappa shape index (κ1) is 35.3. The van der Waals surface area contributed by atoms with Crippen molar-refractivity contribution in [3.8, 4) is 23.0 Å². The molecule has 16 heteroatoms. The molecule has 0 saturated heterocycles. The second-order valence-corrected chi connectivity index (χ2v) is 11.0. The Kier molecular flexibility index (Phi) is 11.1. The van der Waals surface area contributed by atoms with E-state index in [0.717, 1.165) is 18.2 Å². The number of carboxylic acids is 2. The Bertz CT molecular complexity index is 1810. The van der Waals surface area contributed by atoms with Gasteiger partial charge >= 0.3 is 17.9 Å². The molecule has 0 amide bonds. The Morgan fingerprint density at radius 2 is 1.14 bits per heavy atom. The van der Waals surface area contributed by atoms with Crippen molar-refractivity contribution in [3.05, 3.63) is 127 Å². The number of nitro benzene ring substituents is 2. The Balaban J connectivity index is 1.27.